The Morgan fingerprint density at radius 3 is 2.54 bits per heavy atom. The molecule has 6 heteroatoms. The molecule has 1 aliphatic heterocycles. The van der Waals surface area contributed by atoms with Gasteiger partial charge in [-0.05, 0) is 17.2 Å². The van der Waals surface area contributed by atoms with Gasteiger partial charge in [0, 0.05) is 12.8 Å². The van der Waals surface area contributed by atoms with Gasteiger partial charge in [0.25, 0.3) is 0 Å². The van der Waals surface area contributed by atoms with Gasteiger partial charge in [-0.25, -0.2) is 4.79 Å². The third-order valence-electron chi connectivity index (χ3n) is 3.92. The van der Waals surface area contributed by atoms with Crippen LogP contribution in [0.5, 0.6) is 0 Å². The van der Waals surface area contributed by atoms with E-state index in [9.17, 15) is 9.59 Å². The van der Waals surface area contributed by atoms with Gasteiger partial charge in [0.1, 0.15) is 10.8 Å². The average molecular weight is 366 g/mol. The highest BCUT2D eigenvalue weighted by Crippen LogP contribution is 2.20. The normalized spacial score (nSPS) is 13.1. The number of rotatable bonds is 6. The molecule has 132 valence electrons. The number of ether oxygens (including phenoxy) is 1. The predicted molar refractivity (Wildman–Crippen MR) is 104 cm³/mol. The molecule has 0 fully saturated rings. The number of hydrogen-bond acceptors (Lipinski definition) is 6. The van der Waals surface area contributed by atoms with Crippen LogP contribution in [0.1, 0.15) is 27.9 Å². The number of carbonyl (C=O) groups excluding carboxylic acids is 2. The smallest absolute Gasteiger partial charge is 0.338 e. The first kappa shape index (κ1) is 18.1. The van der Waals surface area contributed by atoms with Crippen LogP contribution < -0.4 is 0 Å². The van der Waals surface area contributed by atoms with Crippen molar-refractivity contribution in [2.75, 3.05) is 12.9 Å². The quantitative estimate of drug-likeness (QED) is 0.734. The van der Waals surface area contributed by atoms with E-state index in [0.717, 1.165) is 16.3 Å². The summed E-state index contributed by atoms with van der Waals surface area (Å²) in [7, 11) is 1.33. The summed E-state index contributed by atoms with van der Waals surface area (Å²) in [6.45, 7) is 0. The predicted octanol–water partition coefficient (Wildman–Crippen LogP) is 3.52. The van der Waals surface area contributed by atoms with Crippen LogP contribution in [0.25, 0.3) is 0 Å². The van der Waals surface area contributed by atoms with Crippen molar-refractivity contribution in [1.29, 1.82) is 0 Å². The summed E-state index contributed by atoms with van der Waals surface area (Å²) < 4.78 is 4.76. The van der Waals surface area contributed by atoms with Crippen LogP contribution in [0.15, 0.2) is 64.8 Å². The Morgan fingerprint density at radius 1 is 1.04 bits per heavy atom. The summed E-state index contributed by atoms with van der Waals surface area (Å²) in [6.07, 6.45) is 0.832. The van der Waals surface area contributed by atoms with Crippen molar-refractivity contribution in [3.8, 4) is 0 Å². The number of esters is 1. The zero-order valence-electron chi connectivity index (χ0n) is 14.3. The Bertz CT molecular complexity index is 876. The van der Waals surface area contributed by atoms with E-state index in [2.05, 4.69) is 10.2 Å². The molecule has 26 heavy (non-hydrogen) atoms. The van der Waals surface area contributed by atoms with Gasteiger partial charge in [0.2, 0.25) is 0 Å². The fourth-order valence-electron chi connectivity index (χ4n) is 2.61. The standard InChI is InChI=1S/C20H18N2O3S/c1-25-20(24)17-10-6-5-9-15(17)11-16(23)13-26-19-12-18(21-22-19)14-7-3-2-4-8-14/h2-10H,11-13H2,1H3. The van der Waals surface area contributed by atoms with E-state index in [0.29, 0.717) is 23.3 Å². The molecule has 0 saturated carbocycles. The van der Waals surface area contributed by atoms with Crippen LogP contribution >= 0.6 is 11.8 Å². The Balaban J connectivity index is 1.53. The van der Waals surface area contributed by atoms with Crippen molar-refractivity contribution in [3.05, 3.63) is 71.3 Å². The highest BCUT2D eigenvalue weighted by Gasteiger charge is 2.18. The third kappa shape index (κ3) is 4.46. The molecule has 0 atom stereocenters. The lowest BCUT2D eigenvalue weighted by atomic mass is 10.0. The Kier molecular flexibility index (Phi) is 5.96. The van der Waals surface area contributed by atoms with Gasteiger partial charge in [0.05, 0.1) is 24.1 Å². The van der Waals surface area contributed by atoms with E-state index in [1.54, 1.807) is 18.2 Å². The minimum Gasteiger partial charge on any atom is -0.465 e. The lowest BCUT2D eigenvalue weighted by Crippen LogP contribution is -2.12. The molecule has 0 N–H and O–H groups in total. The van der Waals surface area contributed by atoms with Crippen LogP contribution in [-0.2, 0) is 16.0 Å². The molecule has 1 heterocycles. The summed E-state index contributed by atoms with van der Waals surface area (Å²) >= 11 is 1.40. The van der Waals surface area contributed by atoms with E-state index in [-0.39, 0.29) is 12.2 Å². The van der Waals surface area contributed by atoms with Gasteiger partial charge in [-0.1, -0.05) is 48.5 Å². The SMILES string of the molecule is COC(=O)c1ccccc1CC(=O)CSC1=NN=C(c2ccccc2)C1. The molecular weight excluding hydrogens is 348 g/mol. The van der Waals surface area contributed by atoms with E-state index in [1.807, 2.05) is 36.4 Å². The Labute approximate surface area is 156 Å². The number of Topliss-reactive ketones (excluding diaryl/α,β-unsaturated/α-hetero) is 1. The molecule has 0 unspecified atom stereocenters. The molecule has 0 spiro atoms. The van der Waals surface area contributed by atoms with Crippen molar-refractivity contribution in [2.24, 2.45) is 10.2 Å². The number of benzene rings is 2. The first-order valence-corrected chi connectivity index (χ1v) is 9.15. The maximum absolute atomic E-state index is 12.3. The Morgan fingerprint density at radius 2 is 1.77 bits per heavy atom. The number of thioether (sulfide) groups is 1. The molecule has 3 rings (SSSR count). The second-order valence-electron chi connectivity index (χ2n) is 5.74. The Hall–Kier alpha value is -2.73. The van der Waals surface area contributed by atoms with Crippen LogP contribution in [0.4, 0.5) is 0 Å². The van der Waals surface area contributed by atoms with Crippen LogP contribution in [0, 0.1) is 0 Å². The monoisotopic (exact) mass is 366 g/mol. The van der Waals surface area contributed by atoms with Gasteiger partial charge < -0.3 is 4.74 Å². The number of ketones is 1. The fraction of sp³-hybridized carbons (Fsp3) is 0.200. The molecule has 0 aromatic heterocycles. The number of nitrogens with zero attached hydrogens (tertiary/aromatic N) is 2. The van der Waals surface area contributed by atoms with Crippen molar-refractivity contribution in [1.82, 2.24) is 0 Å². The van der Waals surface area contributed by atoms with Gasteiger partial charge in [-0.2, -0.15) is 5.10 Å². The zero-order valence-corrected chi connectivity index (χ0v) is 15.2. The minimum atomic E-state index is -0.429. The molecule has 2 aromatic carbocycles. The third-order valence-corrected chi connectivity index (χ3v) is 4.94. The van der Waals surface area contributed by atoms with E-state index in [4.69, 9.17) is 4.74 Å². The number of methoxy groups -OCH3 is 1. The van der Waals surface area contributed by atoms with Crippen molar-refractivity contribution >= 4 is 34.3 Å². The average Bonchev–Trinajstić information content (AvgIpc) is 3.16. The van der Waals surface area contributed by atoms with E-state index in [1.165, 1.54) is 18.9 Å². The molecule has 0 amide bonds. The molecule has 2 aromatic rings. The minimum absolute atomic E-state index is 0.0298. The van der Waals surface area contributed by atoms with Crippen molar-refractivity contribution < 1.29 is 14.3 Å². The molecule has 1 aliphatic rings. The molecular formula is C20H18N2O3S. The highest BCUT2D eigenvalue weighted by molar-refractivity contribution is 8.14. The van der Waals surface area contributed by atoms with Crippen LogP contribution in [-0.4, -0.2) is 35.4 Å². The van der Waals surface area contributed by atoms with Gasteiger partial charge in [0.15, 0.2) is 0 Å². The summed E-state index contributed by atoms with van der Waals surface area (Å²) in [4.78, 5) is 24.1. The topological polar surface area (TPSA) is 68.1 Å². The maximum atomic E-state index is 12.3. The molecule has 0 bridgehead atoms. The van der Waals surface area contributed by atoms with Gasteiger partial charge in [-0.15, -0.1) is 16.9 Å². The summed E-state index contributed by atoms with van der Waals surface area (Å²) in [6, 6.07) is 16.9. The second-order valence-corrected chi connectivity index (χ2v) is 6.78. The van der Waals surface area contributed by atoms with Gasteiger partial charge >= 0.3 is 5.97 Å². The summed E-state index contributed by atoms with van der Waals surface area (Å²) in [5.41, 5.74) is 3.07. The lowest BCUT2D eigenvalue weighted by Gasteiger charge is -2.07. The lowest BCUT2D eigenvalue weighted by molar-refractivity contribution is -0.115. The first-order valence-electron chi connectivity index (χ1n) is 8.17. The highest BCUT2D eigenvalue weighted by atomic mass is 32.2. The van der Waals surface area contributed by atoms with E-state index >= 15 is 0 Å². The largest absolute Gasteiger partial charge is 0.465 e. The molecule has 5 nitrogen and oxygen atoms in total. The van der Waals surface area contributed by atoms with E-state index < -0.39 is 5.97 Å². The molecule has 0 aliphatic carbocycles. The van der Waals surface area contributed by atoms with Gasteiger partial charge in [-0.3, -0.25) is 4.79 Å². The second kappa shape index (κ2) is 8.58. The van der Waals surface area contributed by atoms with Crippen LogP contribution in [0.2, 0.25) is 0 Å². The summed E-state index contributed by atoms with van der Waals surface area (Å²) in [5.74, 6) is -0.101. The number of carbonyl (C=O) groups is 2. The summed E-state index contributed by atoms with van der Waals surface area (Å²) in [5, 5.41) is 9.21. The number of hydrogen-bond donors (Lipinski definition) is 0. The maximum Gasteiger partial charge on any atom is 0.338 e. The van der Waals surface area contributed by atoms with Crippen molar-refractivity contribution in [2.45, 2.75) is 12.8 Å². The zero-order chi connectivity index (χ0) is 18.4. The molecule has 0 saturated heterocycles. The first-order chi connectivity index (χ1) is 12.7. The van der Waals surface area contributed by atoms with Crippen molar-refractivity contribution in [3.63, 3.8) is 0 Å². The van der Waals surface area contributed by atoms with Crippen LogP contribution in [0.3, 0.4) is 0 Å². The molecule has 0 radical (unpaired) electrons. The fourth-order valence-corrected chi connectivity index (χ4v) is 3.38.